The molecule has 0 saturated heterocycles. The zero-order chi connectivity index (χ0) is 18.4. The van der Waals surface area contributed by atoms with E-state index in [0.717, 1.165) is 27.7 Å². The van der Waals surface area contributed by atoms with Crippen LogP contribution in [-0.4, -0.2) is 42.1 Å². The van der Waals surface area contributed by atoms with Gasteiger partial charge in [-0.2, -0.15) is 0 Å². The number of benzene rings is 2. The summed E-state index contributed by atoms with van der Waals surface area (Å²) in [4.78, 5) is 16.3. The Balaban J connectivity index is 1.66. The van der Waals surface area contributed by atoms with Crippen molar-refractivity contribution in [2.75, 3.05) is 26.6 Å². The molecule has 0 N–H and O–H groups in total. The van der Waals surface area contributed by atoms with E-state index in [1.807, 2.05) is 53.1 Å². The van der Waals surface area contributed by atoms with Crippen LogP contribution in [0.25, 0.3) is 11.0 Å². The molecule has 0 spiro atoms. The average Bonchev–Trinajstić information content (AvgIpc) is 3.02. The van der Waals surface area contributed by atoms with Gasteiger partial charge in [0, 0.05) is 11.8 Å². The molecule has 0 unspecified atom stereocenters. The topological polar surface area (TPSA) is 62.6 Å². The zero-order valence-corrected chi connectivity index (χ0v) is 15.5. The van der Waals surface area contributed by atoms with Crippen LogP contribution in [0.5, 0.6) is 11.5 Å². The molecule has 0 saturated carbocycles. The Hall–Kier alpha value is -2.67. The zero-order valence-electron chi connectivity index (χ0n) is 14.7. The Morgan fingerprint density at radius 1 is 1.12 bits per heavy atom. The normalized spacial score (nSPS) is 10.7. The number of imidazole rings is 1. The maximum Gasteiger partial charge on any atom is 0.325 e. The first kappa shape index (κ1) is 18.1. The molecule has 0 amide bonds. The summed E-state index contributed by atoms with van der Waals surface area (Å²) in [7, 11) is 3.01. The Morgan fingerprint density at radius 3 is 2.73 bits per heavy atom. The highest BCUT2D eigenvalue weighted by molar-refractivity contribution is 7.99. The molecule has 26 heavy (non-hydrogen) atoms. The second-order valence-electron chi connectivity index (χ2n) is 5.42. The van der Waals surface area contributed by atoms with Crippen LogP contribution in [0.2, 0.25) is 0 Å². The molecular weight excluding hydrogens is 352 g/mol. The highest BCUT2D eigenvalue weighted by Gasteiger charge is 2.14. The van der Waals surface area contributed by atoms with E-state index < -0.39 is 0 Å². The molecule has 3 aromatic rings. The number of hydrogen-bond donors (Lipinski definition) is 0. The maximum atomic E-state index is 11.7. The minimum atomic E-state index is -0.303. The number of ether oxygens (including phenoxy) is 3. The van der Waals surface area contributed by atoms with Gasteiger partial charge in [0.1, 0.15) is 18.0 Å². The molecule has 1 aromatic heterocycles. The summed E-state index contributed by atoms with van der Waals surface area (Å²) in [5, 5.41) is 0.769. The number of rotatable bonds is 8. The van der Waals surface area contributed by atoms with Crippen molar-refractivity contribution >= 4 is 28.8 Å². The molecule has 2 aromatic carbocycles. The van der Waals surface area contributed by atoms with Gasteiger partial charge < -0.3 is 18.8 Å². The smallest absolute Gasteiger partial charge is 0.325 e. The maximum absolute atomic E-state index is 11.7. The molecule has 0 atom stereocenters. The number of carbonyl (C=O) groups excluding carboxylic acids is 1. The minimum absolute atomic E-state index is 0.135. The summed E-state index contributed by atoms with van der Waals surface area (Å²) >= 11 is 1.54. The first-order chi connectivity index (χ1) is 12.7. The van der Waals surface area contributed by atoms with Crippen molar-refractivity contribution in [2.24, 2.45) is 0 Å². The minimum Gasteiger partial charge on any atom is -0.497 e. The Labute approximate surface area is 156 Å². The third-order valence-electron chi connectivity index (χ3n) is 3.76. The molecule has 0 fully saturated rings. The van der Waals surface area contributed by atoms with Crippen LogP contribution >= 0.6 is 11.8 Å². The van der Waals surface area contributed by atoms with E-state index >= 15 is 0 Å². The van der Waals surface area contributed by atoms with E-state index in [0.29, 0.717) is 12.4 Å². The third-order valence-corrected chi connectivity index (χ3v) is 4.70. The highest BCUT2D eigenvalue weighted by atomic mass is 32.2. The second-order valence-corrected chi connectivity index (χ2v) is 6.48. The van der Waals surface area contributed by atoms with Crippen LogP contribution in [0.15, 0.2) is 53.7 Å². The molecule has 6 nitrogen and oxygen atoms in total. The second kappa shape index (κ2) is 8.62. The molecule has 0 aliphatic heterocycles. The van der Waals surface area contributed by atoms with Gasteiger partial charge in [0.25, 0.3) is 0 Å². The fourth-order valence-electron chi connectivity index (χ4n) is 2.49. The summed E-state index contributed by atoms with van der Waals surface area (Å²) < 4.78 is 17.6. The number of fused-ring (bicyclic) bond motifs is 1. The SMILES string of the molecule is COC(=O)Cn1c(SCCOc2cccc(OC)c2)nc2ccccc21. The molecule has 1 heterocycles. The Kier molecular flexibility index (Phi) is 6.01. The molecule has 3 rings (SSSR count). The lowest BCUT2D eigenvalue weighted by Gasteiger charge is -2.09. The van der Waals surface area contributed by atoms with Crippen LogP contribution in [0.4, 0.5) is 0 Å². The summed E-state index contributed by atoms with van der Waals surface area (Å²) in [6, 6.07) is 15.2. The van der Waals surface area contributed by atoms with Crippen LogP contribution in [-0.2, 0) is 16.1 Å². The van der Waals surface area contributed by atoms with Crippen molar-refractivity contribution in [1.82, 2.24) is 9.55 Å². The van der Waals surface area contributed by atoms with Crippen molar-refractivity contribution < 1.29 is 19.0 Å². The number of aromatic nitrogens is 2. The van der Waals surface area contributed by atoms with Gasteiger partial charge in [0.15, 0.2) is 5.16 Å². The number of carbonyl (C=O) groups is 1. The lowest BCUT2D eigenvalue weighted by molar-refractivity contribution is -0.141. The van der Waals surface area contributed by atoms with Gasteiger partial charge in [-0.15, -0.1) is 0 Å². The van der Waals surface area contributed by atoms with Crippen LogP contribution in [0.3, 0.4) is 0 Å². The van der Waals surface area contributed by atoms with Crippen molar-refractivity contribution in [2.45, 2.75) is 11.7 Å². The van der Waals surface area contributed by atoms with E-state index in [1.165, 1.54) is 7.11 Å². The van der Waals surface area contributed by atoms with Crippen molar-refractivity contribution in [3.05, 3.63) is 48.5 Å². The van der Waals surface area contributed by atoms with E-state index in [4.69, 9.17) is 14.2 Å². The molecule has 0 aliphatic rings. The number of thioether (sulfide) groups is 1. The quantitative estimate of drug-likeness (QED) is 0.343. The van der Waals surface area contributed by atoms with Gasteiger partial charge >= 0.3 is 5.97 Å². The number of nitrogens with zero attached hydrogens (tertiary/aromatic N) is 2. The Morgan fingerprint density at radius 2 is 1.92 bits per heavy atom. The lowest BCUT2D eigenvalue weighted by Crippen LogP contribution is -2.12. The van der Waals surface area contributed by atoms with Gasteiger partial charge in [-0.05, 0) is 24.3 Å². The van der Waals surface area contributed by atoms with Crippen molar-refractivity contribution in [3.63, 3.8) is 0 Å². The molecular formula is C19H20N2O4S. The predicted octanol–water partition coefficient (Wildman–Crippen LogP) is 3.39. The summed E-state index contributed by atoms with van der Waals surface area (Å²) in [6.07, 6.45) is 0. The number of methoxy groups -OCH3 is 2. The molecule has 0 radical (unpaired) electrons. The van der Waals surface area contributed by atoms with Crippen LogP contribution < -0.4 is 9.47 Å². The predicted molar refractivity (Wildman–Crippen MR) is 101 cm³/mol. The highest BCUT2D eigenvalue weighted by Crippen LogP contribution is 2.25. The largest absolute Gasteiger partial charge is 0.497 e. The lowest BCUT2D eigenvalue weighted by atomic mass is 10.3. The van der Waals surface area contributed by atoms with Crippen LogP contribution in [0.1, 0.15) is 0 Å². The third kappa shape index (κ3) is 4.29. The van der Waals surface area contributed by atoms with Gasteiger partial charge in [-0.25, -0.2) is 4.98 Å². The van der Waals surface area contributed by atoms with Gasteiger partial charge in [0.2, 0.25) is 0 Å². The fourth-order valence-corrected chi connectivity index (χ4v) is 3.32. The summed E-state index contributed by atoms with van der Waals surface area (Å²) in [5.41, 5.74) is 1.77. The van der Waals surface area contributed by atoms with E-state index in [9.17, 15) is 4.79 Å². The Bertz CT molecular complexity index is 894. The van der Waals surface area contributed by atoms with Gasteiger partial charge in [-0.1, -0.05) is 30.0 Å². The van der Waals surface area contributed by atoms with Crippen LogP contribution in [0, 0.1) is 0 Å². The first-order valence-corrected chi connectivity index (χ1v) is 9.11. The summed E-state index contributed by atoms with van der Waals surface area (Å²) in [6.45, 7) is 0.648. The van der Waals surface area contributed by atoms with Crippen molar-refractivity contribution in [3.8, 4) is 11.5 Å². The summed E-state index contributed by atoms with van der Waals surface area (Å²) in [5.74, 6) is 1.91. The van der Waals surface area contributed by atoms with Crippen molar-refractivity contribution in [1.29, 1.82) is 0 Å². The molecule has 7 heteroatoms. The number of hydrogen-bond acceptors (Lipinski definition) is 6. The average molecular weight is 372 g/mol. The van der Waals surface area contributed by atoms with E-state index in [1.54, 1.807) is 18.9 Å². The molecule has 0 aliphatic carbocycles. The number of esters is 1. The first-order valence-electron chi connectivity index (χ1n) is 8.13. The van der Waals surface area contributed by atoms with E-state index in [2.05, 4.69) is 4.98 Å². The molecule has 0 bridgehead atoms. The monoisotopic (exact) mass is 372 g/mol. The van der Waals surface area contributed by atoms with Gasteiger partial charge in [-0.3, -0.25) is 4.79 Å². The standard InChI is InChI=1S/C19H20N2O4S/c1-23-14-6-5-7-15(12-14)25-10-11-26-19-20-16-8-3-4-9-17(16)21(19)13-18(22)24-2/h3-9,12H,10-11,13H2,1-2H3. The fraction of sp³-hybridized carbons (Fsp3) is 0.263. The molecule has 136 valence electrons. The van der Waals surface area contributed by atoms with Gasteiger partial charge in [0.05, 0.1) is 31.9 Å². The number of para-hydroxylation sites is 2. The van der Waals surface area contributed by atoms with E-state index in [-0.39, 0.29) is 12.5 Å².